The minimum Gasteiger partial charge on any atom is -0.478 e. The van der Waals surface area contributed by atoms with Crippen molar-refractivity contribution in [3.05, 3.63) is 71.2 Å². The van der Waals surface area contributed by atoms with Gasteiger partial charge in [0.1, 0.15) is 11.3 Å². The van der Waals surface area contributed by atoms with E-state index in [0.717, 1.165) is 16.7 Å². The Balaban J connectivity index is 1.64. The minimum atomic E-state index is -1.65. The van der Waals surface area contributed by atoms with E-state index in [1.807, 2.05) is 32.0 Å². The number of alkyl halides is 1. The number of aromatic nitrogens is 2. The molecule has 1 aromatic carbocycles. The highest BCUT2D eigenvalue weighted by atomic mass is 19.1. The lowest BCUT2D eigenvalue weighted by atomic mass is 9.90. The van der Waals surface area contributed by atoms with Gasteiger partial charge in [0.25, 0.3) is 5.91 Å². The summed E-state index contributed by atoms with van der Waals surface area (Å²) in [6, 6.07) is 10.4. The first kappa shape index (κ1) is 23.8. The number of aliphatic hydroxyl groups is 1. The molecule has 8 heteroatoms. The zero-order chi connectivity index (χ0) is 24.5. The summed E-state index contributed by atoms with van der Waals surface area (Å²) < 4.78 is 25.1. The minimum absolute atomic E-state index is 0.177. The molecule has 3 heterocycles. The number of nitrogens with one attached hydrogen (secondary N) is 1. The van der Waals surface area contributed by atoms with Crippen molar-refractivity contribution in [2.75, 3.05) is 25.1 Å². The maximum atomic E-state index is 14.3. The predicted octanol–water partition coefficient (Wildman–Crippen LogP) is 4.53. The van der Waals surface area contributed by atoms with E-state index in [0.29, 0.717) is 29.3 Å². The molecule has 2 N–H and O–H groups in total. The Kier molecular flexibility index (Phi) is 6.38. The van der Waals surface area contributed by atoms with Gasteiger partial charge in [-0.05, 0) is 69.2 Å². The molecule has 1 aliphatic heterocycles. The second-order valence-electron chi connectivity index (χ2n) is 8.92. The Bertz CT molecular complexity index is 1220. The number of hydrogen-bond acceptors (Lipinski definition) is 6. The van der Waals surface area contributed by atoms with Crippen LogP contribution in [-0.2, 0) is 16.0 Å². The topological polar surface area (TPSA) is 93.6 Å². The molecule has 34 heavy (non-hydrogen) atoms. The molecule has 0 unspecified atom stereocenters. The van der Waals surface area contributed by atoms with Crippen molar-refractivity contribution in [2.45, 2.75) is 39.0 Å². The van der Waals surface area contributed by atoms with Crippen molar-refractivity contribution in [3.63, 3.8) is 0 Å². The number of ether oxygens (including phenoxy) is 2. The molecule has 0 aliphatic carbocycles. The van der Waals surface area contributed by atoms with Crippen LogP contribution in [0.15, 0.2) is 48.8 Å². The molecule has 178 valence electrons. The fourth-order valence-electron chi connectivity index (χ4n) is 3.75. The quantitative estimate of drug-likeness (QED) is 0.533. The summed E-state index contributed by atoms with van der Waals surface area (Å²) in [4.78, 5) is 21.3. The van der Waals surface area contributed by atoms with Crippen LogP contribution in [-0.4, -0.2) is 40.8 Å². The van der Waals surface area contributed by atoms with Crippen LogP contribution in [0.4, 0.5) is 10.1 Å². The molecule has 0 bridgehead atoms. The van der Waals surface area contributed by atoms with Gasteiger partial charge in [0.2, 0.25) is 5.88 Å². The number of anilines is 1. The van der Waals surface area contributed by atoms with Crippen molar-refractivity contribution in [1.29, 1.82) is 0 Å². The van der Waals surface area contributed by atoms with E-state index in [2.05, 4.69) is 15.3 Å². The number of carbonyl (C=O) groups is 1. The van der Waals surface area contributed by atoms with Crippen LogP contribution in [0.3, 0.4) is 0 Å². The van der Waals surface area contributed by atoms with Crippen molar-refractivity contribution >= 4 is 11.6 Å². The number of benzene rings is 1. The van der Waals surface area contributed by atoms with Crippen LogP contribution < -0.4 is 10.1 Å². The van der Waals surface area contributed by atoms with Gasteiger partial charge in [-0.15, -0.1) is 0 Å². The molecule has 4 rings (SSSR count). The van der Waals surface area contributed by atoms with Gasteiger partial charge in [-0.1, -0.05) is 6.07 Å². The van der Waals surface area contributed by atoms with E-state index in [-0.39, 0.29) is 24.8 Å². The molecule has 1 amide bonds. The number of hydrogen-bond donors (Lipinski definition) is 2. The number of rotatable bonds is 7. The Morgan fingerprint density at radius 1 is 1.24 bits per heavy atom. The summed E-state index contributed by atoms with van der Waals surface area (Å²) in [5, 5.41) is 13.7. The lowest BCUT2D eigenvalue weighted by Gasteiger charge is -2.37. The first-order valence-electron chi connectivity index (χ1n) is 11.1. The molecule has 3 aromatic rings. The van der Waals surface area contributed by atoms with Crippen molar-refractivity contribution in [1.82, 2.24) is 9.97 Å². The monoisotopic (exact) mass is 465 g/mol. The van der Waals surface area contributed by atoms with Gasteiger partial charge < -0.3 is 19.9 Å². The Labute approximate surface area is 198 Å². The van der Waals surface area contributed by atoms with E-state index in [1.54, 1.807) is 18.3 Å². The second-order valence-corrected chi connectivity index (χ2v) is 8.92. The van der Waals surface area contributed by atoms with Crippen LogP contribution in [0.25, 0.3) is 11.1 Å². The molecule has 1 saturated heterocycles. The summed E-state index contributed by atoms with van der Waals surface area (Å²) in [6.45, 7) is 7.39. The standard InChI is InChI=1S/C26H28FN3O4/c1-5-34-24-21(26(32)14-33-15-26)10-18(13-29-24)20-12-19(7-6-16(20)2)30-23(31)17-8-9-28-22(11-17)25(3,4)27/h6-13,32H,5,14-15H2,1-4H3,(H,30,31). The van der Waals surface area contributed by atoms with E-state index < -0.39 is 11.3 Å². The number of aryl methyl sites for hydroxylation is 1. The zero-order valence-corrected chi connectivity index (χ0v) is 19.7. The zero-order valence-electron chi connectivity index (χ0n) is 19.7. The number of nitrogens with zero attached hydrogens (tertiary/aromatic N) is 2. The molecular formula is C26H28FN3O4. The van der Waals surface area contributed by atoms with E-state index in [9.17, 15) is 14.3 Å². The Morgan fingerprint density at radius 3 is 2.65 bits per heavy atom. The molecule has 0 radical (unpaired) electrons. The fourth-order valence-corrected chi connectivity index (χ4v) is 3.75. The van der Waals surface area contributed by atoms with Crippen LogP contribution in [0.1, 0.15) is 48.0 Å². The SMILES string of the molecule is CCOc1ncc(-c2cc(NC(=O)c3ccnc(C(C)(C)F)c3)ccc2C)cc1C1(O)COC1. The predicted molar refractivity (Wildman–Crippen MR) is 127 cm³/mol. The van der Waals surface area contributed by atoms with Gasteiger partial charge in [-0.25, -0.2) is 9.37 Å². The van der Waals surface area contributed by atoms with Gasteiger partial charge in [-0.3, -0.25) is 9.78 Å². The summed E-state index contributed by atoms with van der Waals surface area (Å²) >= 11 is 0. The normalized spacial score (nSPS) is 14.9. The number of pyridine rings is 2. The van der Waals surface area contributed by atoms with Crippen molar-refractivity contribution in [3.8, 4) is 17.0 Å². The number of amides is 1. The molecule has 7 nitrogen and oxygen atoms in total. The van der Waals surface area contributed by atoms with Crippen LogP contribution in [0, 0.1) is 6.92 Å². The fraction of sp³-hybridized carbons (Fsp3) is 0.346. The average Bonchev–Trinajstić information content (AvgIpc) is 2.79. The summed E-state index contributed by atoms with van der Waals surface area (Å²) in [7, 11) is 0. The third-order valence-electron chi connectivity index (χ3n) is 5.75. The number of carbonyl (C=O) groups excluding carboxylic acids is 1. The van der Waals surface area contributed by atoms with Gasteiger partial charge in [0.15, 0.2) is 0 Å². The van der Waals surface area contributed by atoms with Crippen molar-refractivity contribution < 1.29 is 23.8 Å². The van der Waals surface area contributed by atoms with Crippen LogP contribution in [0.5, 0.6) is 5.88 Å². The van der Waals surface area contributed by atoms with Gasteiger partial charge in [-0.2, -0.15) is 0 Å². The molecular weight excluding hydrogens is 437 g/mol. The third-order valence-corrected chi connectivity index (χ3v) is 5.75. The molecule has 0 saturated carbocycles. The molecule has 1 fully saturated rings. The van der Waals surface area contributed by atoms with Gasteiger partial charge in [0, 0.05) is 29.2 Å². The summed E-state index contributed by atoms with van der Waals surface area (Å²) in [5.41, 5.74) is 1.45. The molecule has 0 spiro atoms. The smallest absolute Gasteiger partial charge is 0.255 e. The maximum Gasteiger partial charge on any atom is 0.255 e. The van der Waals surface area contributed by atoms with Gasteiger partial charge >= 0.3 is 0 Å². The second kappa shape index (κ2) is 9.12. The summed E-state index contributed by atoms with van der Waals surface area (Å²) in [6.07, 6.45) is 3.11. The van der Waals surface area contributed by atoms with E-state index in [4.69, 9.17) is 9.47 Å². The third kappa shape index (κ3) is 4.78. The summed E-state index contributed by atoms with van der Waals surface area (Å²) in [5.74, 6) is 0.0116. The lowest BCUT2D eigenvalue weighted by Crippen LogP contribution is -2.46. The maximum absolute atomic E-state index is 14.3. The largest absolute Gasteiger partial charge is 0.478 e. The number of halogens is 1. The molecule has 2 aromatic heterocycles. The average molecular weight is 466 g/mol. The van der Waals surface area contributed by atoms with Crippen molar-refractivity contribution in [2.24, 2.45) is 0 Å². The van der Waals surface area contributed by atoms with Gasteiger partial charge in [0.05, 0.1) is 31.1 Å². The van der Waals surface area contributed by atoms with Crippen LogP contribution in [0.2, 0.25) is 0 Å². The highest BCUT2D eigenvalue weighted by Crippen LogP contribution is 2.38. The Morgan fingerprint density at radius 2 is 2.00 bits per heavy atom. The first-order chi connectivity index (χ1) is 16.1. The Hall–Kier alpha value is -3.36. The van der Waals surface area contributed by atoms with E-state index >= 15 is 0 Å². The highest BCUT2D eigenvalue weighted by molar-refractivity contribution is 6.04. The van der Waals surface area contributed by atoms with Crippen LogP contribution >= 0.6 is 0 Å². The highest BCUT2D eigenvalue weighted by Gasteiger charge is 2.41. The van der Waals surface area contributed by atoms with E-state index in [1.165, 1.54) is 26.1 Å². The lowest BCUT2D eigenvalue weighted by molar-refractivity contribution is -0.185. The molecule has 1 aliphatic rings. The first-order valence-corrected chi connectivity index (χ1v) is 11.1. The molecule has 0 atom stereocenters.